The van der Waals surface area contributed by atoms with Crippen molar-refractivity contribution in [3.05, 3.63) is 40.9 Å². The Hall–Kier alpha value is -1.88. The van der Waals surface area contributed by atoms with Gasteiger partial charge >= 0.3 is 0 Å². The highest BCUT2D eigenvalue weighted by Crippen LogP contribution is 2.17. The molecule has 1 aromatic heterocycles. The summed E-state index contributed by atoms with van der Waals surface area (Å²) in [6.07, 6.45) is 2.69. The zero-order chi connectivity index (χ0) is 11.1. The van der Waals surface area contributed by atoms with E-state index in [0.29, 0.717) is 0 Å². The number of aliphatic hydroxyl groups is 1. The van der Waals surface area contributed by atoms with Crippen molar-refractivity contribution in [2.45, 2.75) is 6.42 Å². The molecule has 0 atom stereocenters. The average Bonchev–Trinajstić information content (AvgIpc) is 2.64. The Bertz CT molecular complexity index is 425. The molecule has 80 valence electrons. The highest BCUT2D eigenvalue weighted by Gasteiger charge is 2.00. The lowest BCUT2D eigenvalue weighted by Crippen LogP contribution is -1.87. The van der Waals surface area contributed by atoms with Gasteiger partial charge in [0, 0.05) is 23.7 Å². The smallest absolute Gasteiger partial charge is 0.152 e. The van der Waals surface area contributed by atoms with E-state index in [9.17, 15) is 0 Å². The number of aromatic nitrogens is 1. The largest absolute Gasteiger partial charge is 0.396 e. The van der Waals surface area contributed by atoms with Gasteiger partial charge in [-0.15, -0.1) is 4.91 Å². The van der Waals surface area contributed by atoms with E-state index in [4.69, 9.17) is 15.2 Å². The molecule has 2 aromatic rings. The van der Waals surface area contributed by atoms with Crippen LogP contribution in [-0.2, 0) is 6.42 Å². The molecule has 0 bridgehead atoms. The Morgan fingerprint density at radius 3 is 2.67 bits per heavy atom. The lowest BCUT2D eigenvalue weighted by Gasteiger charge is -1.93. The Balaban J connectivity index is 0.000000337. The van der Waals surface area contributed by atoms with E-state index in [1.807, 2.05) is 24.4 Å². The molecule has 0 aliphatic carbocycles. The summed E-state index contributed by atoms with van der Waals surface area (Å²) in [4.78, 5) is 11.3. The maximum Gasteiger partial charge on any atom is 0.152 e. The molecule has 0 saturated carbocycles. The Morgan fingerprint density at radius 1 is 1.33 bits per heavy atom. The number of aliphatic hydroxyl groups excluding tert-OH is 1. The average molecular weight is 208 g/mol. The van der Waals surface area contributed by atoms with Crippen molar-refractivity contribution in [2.75, 3.05) is 6.61 Å². The zero-order valence-electron chi connectivity index (χ0n) is 8.05. The molecule has 0 saturated heterocycles. The quantitative estimate of drug-likeness (QED) is 0.520. The molecule has 0 spiro atoms. The third-order valence-electron chi connectivity index (χ3n) is 2.06. The van der Waals surface area contributed by atoms with Crippen LogP contribution in [0.15, 0.2) is 35.8 Å². The summed E-state index contributed by atoms with van der Waals surface area (Å²) in [7, 11) is 0. The van der Waals surface area contributed by atoms with Gasteiger partial charge in [0.15, 0.2) is 5.34 Å². The number of rotatable bonds is 2. The molecule has 5 heteroatoms. The number of aromatic amines is 1. The summed E-state index contributed by atoms with van der Waals surface area (Å²) in [6.45, 7) is 0.210. The van der Waals surface area contributed by atoms with E-state index in [2.05, 4.69) is 11.1 Å². The van der Waals surface area contributed by atoms with Gasteiger partial charge in [-0.25, -0.2) is 0 Å². The van der Waals surface area contributed by atoms with Crippen molar-refractivity contribution in [3.63, 3.8) is 0 Å². The minimum Gasteiger partial charge on any atom is -0.396 e. The van der Waals surface area contributed by atoms with E-state index in [-0.39, 0.29) is 6.61 Å². The molecule has 0 aliphatic rings. The monoisotopic (exact) mass is 208 g/mol. The SMILES string of the molecule is O=NO.OCCc1c[nH]c2ccccc12. The predicted octanol–water partition coefficient (Wildman–Crippen LogP) is 1.84. The van der Waals surface area contributed by atoms with E-state index < -0.39 is 0 Å². The third-order valence-corrected chi connectivity index (χ3v) is 2.06. The van der Waals surface area contributed by atoms with E-state index in [1.165, 1.54) is 16.3 Å². The molecule has 1 aromatic carbocycles. The first kappa shape index (κ1) is 11.2. The summed E-state index contributed by atoms with van der Waals surface area (Å²) in [6, 6.07) is 8.12. The van der Waals surface area contributed by atoms with Gasteiger partial charge in [-0.05, 0) is 18.1 Å². The molecule has 0 radical (unpaired) electrons. The second-order valence-corrected chi connectivity index (χ2v) is 2.91. The van der Waals surface area contributed by atoms with Crippen molar-refractivity contribution < 1.29 is 10.3 Å². The van der Waals surface area contributed by atoms with Crippen LogP contribution in [-0.4, -0.2) is 21.9 Å². The third kappa shape index (κ3) is 2.78. The molecule has 5 nitrogen and oxygen atoms in total. The van der Waals surface area contributed by atoms with Crippen molar-refractivity contribution in [1.82, 2.24) is 4.98 Å². The lowest BCUT2D eigenvalue weighted by molar-refractivity contribution is 0.300. The number of hydrogen-bond donors (Lipinski definition) is 3. The normalized spacial score (nSPS) is 9.40. The number of para-hydroxylation sites is 1. The van der Waals surface area contributed by atoms with Crippen LogP contribution < -0.4 is 0 Å². The van der Waals surface area contributed by atoms with E-state index >= 15 is 0 Å². The second kappa shape index (κ2) is 5.77. The van der Waals surface area contributed by atoms with Crippen LogP contribution in [0.4, 0.5) is 0 Å². The zero-order valence-corrected chi connectivity index (χ0v) is 8.05. The Labute approximate surface area is 86.3 Å². The fourth-order valence-corrected chi connectivity index (χ4v) is 1.46. The Morgan fingerprint density at radius 2 is 2.00 bits per heavy atom. The van der Waals surface area contributed by atoms with Crippen LogP contribution in [0.5, 0.6) is 0 Å². The standard InChI is InChI=1S/C10H11NO.HNO2/c12-6-5-8-7-11-10-4-2-1-3-9(8)10;2-1-3/h1-4,7,11-12H,5-6H2;(H,2,3). The minimum atomic E-state index is 0.210. The number of nitrogens with zero attached hydrogens (tertiary/aromatic N) is 1. The van der Waals surface area contributed by atoms with Gasteiger partial charge in [0.2, 0.25) is 0 Å². The number of nitrogens with one attached hydrogen (secondary N) is 1. The van der Waals surface area contributed by atoms with Crippen molar-refractivity contribution >= 4 is 10.9 Å². The fourth-order valence-electron chi connectivity index (χ4n) is 1.46. The summed E-state index contributed by atoms with van der Waals surface area (Å²) in [5, 5.41) is 17.9. The van der Waals surface area contributed by atoms with Crippen LogP contribution >= 0.6 is 0 Å². The first-order valence-corrected chi connectivity index (χ1v) is 4.46. The molecular formula is C10H12N2O3. The number of H-pyrrole nitrogens is 1. The molecule has 0 fully saturated rings. The van der Waals surface area contributed by atoms with Crippen LogP contribution in [0, 0.1) is 4.91 Å². The summed E-state index contributed by atoms with van der Waals surface area (Å²) >= 11 is 0. The maximum atomic E-state index is 8.78. The highest BCUT2D eigenvalue weighted by atomic mass is 16.6. The number of hydrogen-bond acceptors (Lipinski definition) is 3. The van der Waals surface area contributed by atoms with Crippen molar-refractivity contribution in [2.24, 2.45) is 5.34 Å². The lowest BCUT2D eigenvalue weighted by atomic mass is 10.1. The van der Waals surface area contributed by atoms with Crippen molar-refractivity contribution in [1.29, 1.82) is 0 Å². The Kier molecular flexibility index (Phi) is 4.30. The van der Waals surface area contributed by atoms with Crippen LogP contribution in [0.3, 0.4) is 0 Å². The van der Waals surface area contributed by atoms with Gasteiger partial charge in [0.1, 0.15) is 0 Å². The first-order valence-electron chi connectivity index (χ1n) is 4.46. The molecule has 0 aliphatic heterocycles. The number of benzene rings is 1. The summed E-state index contributed by atoms with van der Waals surface area (Å²) in [5.41, 5.74) is 2.33. The van der Waals surface area contributed by atoms with E-state index in [0.717, 1.165) is 11.9 Å². The van der Waals surface area contributed by atoms with Crippen molar-refractivity contribution in [3.8, 4) is 0 Å². The summed E-state index contributed by atoms with van der Waals surface area (Å²) in [5.74, 6) is 0. The molecule has 1 heterocycles. The molecule has 2 rings (SSSR count). The molecule has 0 amide bonds. The van der Waals surface area contributed by atoms with Gasteiger partial charge in [0.25, 0.3) is 0 Å². The van der Waals surface area contributed by atoms with Gasteiger partial charge in [-0.2, -0.15) is 0 Å². The minimum absolute atomic E-state index is 0.210. The van der Waals surface area contributed by atoms with Gasteiger partial charge in [0.05, 0.1) is 0 Å². The summed E-state index contributed by atoms with van der Waals surface area (Å²) < 4.78 is 0. The molecular weight excluding hydrogens is 196 g/mol. The van der Waals surface area contributed by atoms with Crippen LogP contribution in [0.2, 0.25) is 0 Å². The molecule has 0 unspecified atom stereocenters. The maximum absolute atomic E-state index is 8.78. The van der Waals surface area contributed by atoms with Crippen LogP contribution in [0.25, 0.3) is 10.9 Å². The topological polar surface area (TPSA) is 85.7 Å². The second-order valence-electron chi connectivity index (χ2n) is 2.91. The number of fused-ring (bicyclic) bond motifs is 1. The predicted molar refractivity (Wildman–Crippen MR) is 56.7 cm³/mol. The fraction of sp³-hybridized carbons (Fsp3) is 0.200. The van der Waals surface area contributed by atoms with E-state index in [1.54, 1.807) is 0 Å². The van der Waals surface area contributed by atoms with Gasteiger partial charge in [-0.3, -0.25) is 0 Å². The van der Waals surface area contributed by atoms with Gasteiger partial charge in [-0.1, -0.05) is 18.2 Å². The van der Waals surface area contributed by atoms with Gasteiger partial charge < -0.3 is 15.3 Å². The molecule has 15 heavy (non-hydrogen) atoms. The molecule has 3 N–H and O–H groups in total. The van der Waals surface area contributed by atoms with Crippen LogP contribution in [0.1, 0.15) is 5.56 Å². The highest BCUT2D eigenvalue weighted by molar-refractivity contribution is 5.82. The first-order chi connectivity index (χ1) is 7.33.